The van der Waals surface area contributed by atoms with E-state index >= 15 is 0 Å². The molecular formula is C22H20N4O6. The van der Waals surface area contributed by atoms with Crippen molar-refractivity contribution in [3.05, 3.63) is 87.8 Å². The Morgan fingerprint density at radius 3 is 2.41 bits per heavy atom. The molecule has 0 aliphatic rings. The number of nitrogens with one attached hydrogen (secondary N) is 3. The highest BCUT2D eigenvalue weighted by Crippen LogP contribution is 2.18. The summed E-state index contributed by atoms with van der Waals surface area (Å²) in [5.74, 6) is -0.604. The van der Waals surface area contributed by atoms with E-state index < -0.39 is 17.6 Å². The minimum atomic E-state index is -0.822. The molecule has 1 aromatic heterocycles. The molecule has 0 fully saturated rings. The molecule has 3 aromatic rings. The maximum absolute atomic E-state index is 12.6. The predicted molar refractivity (Wildman–Crippen MR) is 115 cm³/mol. The molecule has 0 radical (unpaired) electrons. The molecule has 0 bridgehead atoms. The van der Waals surface area contributed by atoms with E-state index in [-0.39, 0.29) is 30.5 Å². The molecule has 10 heteroatoms. The van der Waals surface area contributed by atoms with Gasteiger partial charge in [0.25, 0.3) is 17.4 Å². The molecule has 0 spiro atoms. The van der Waals surface area contributed by atoms with Crippen molar-refractivity contribution in [3.63, 3.8) is 0 Å². The molecule has 32 heavy (non-hydrogen) atoms. The number of aromatic amines is 1. The molecule has 0 unspecified atom stereocenters. The molecule has 0 aliphatic heterocycles. The SMILES string of the molecule is CCOC(=O)Oc1ccc(C(=O)Nc2ccccc2CNC(=O)c2ccc(=O)[nH]n2)cc1. The van der Waals surface area contributed by atoms with Crippen molar-refractivity contribution in [3.8, 4) is 5.75 Å². The zero-order chi connectivity index (χ0) is 22.9. The first-order valence-corrected chi connectivity index (χ1v) is 9.64. The number of benzene rings is 2. The zero-order valence-electron chi connectivity index (χ0n) is 17.1. The summed E-state index contributed by atoms with van der Waals surface area (Å²) in [6.45, 7) is 1.99. The Balaban J connectivity index is 1.63. The van der Waals surface area contributed by atoms with Crippen LogP contribution in [0.2, 0.25) is 0 Å². The van der Waals surface area contributed by atoms with Gasteiger partial charge in [0.15, 0.2) is 0 Å². The van der Waals surface area contributed by atoms with Gasteiger partial charge in [-0.15, -0.1) is 0 Å². The number of carbonyl (C=O) groups is 3. The lowest BCUT2D eigenvalue weighted by Gasteiger charge is -2.12. The van der Waals surface area contributed by atoms with E-state index in [1.54, 1.807) is 31.2 Å². The van der Waals surface area contributed by atoms with Crippen LogP contribution in [0.1, 0.15) is 33.3 Å². The number of hydrogen-bond donors (Lipinski definition) is 3. The van der Waals surface area contributed by atoms with Crippen LogP contribution in [0, 0.1) is 0 Å². The van der Waals surface area contributed by atoms with Crippen molar-refractivity contribution in [1.29, 1.82) is 0 Å². The first-order valence-electron chi connectivity index (χ1n) is 9.64. The van der Waals surface area contributed by atoms with E-state index in [2.05, 4.69) is 20.8 Å². The van der Waals surface area contributed by atoms with Crippen molar-refractivity contribution in [2.24, 2.45) is 0 Å². The summed E-state index contributed by atoms with van der Waals surface area (Å²) in [4.78, 5) is 47.2. The number of amides is 2. The fraction of sp³-hybridized carbons (Fsp3) is 0.136. The summed E-state index contributed by atoms with van der Waals surface area (Å²) in [6.07, 6.45) is -0.822. The van der Waals surface area contributed by atoms with Gasteiger partial charge in [-0.3, -0.25) is 14.4 Å². The lowest BCUT2D eigenvalue weighted by Crippen LogP contribution is -2.26. The van der Waals surface area contributed by atoms with E-state index in [1.807, 2.05) is 0 Å². The number of rotatable bonds is 7. The normalized spacial score (nSPS) is 10.2. The second kappa shape index (κ2) is 10.5. The van der Waals surface area contributed by atoms with Crippen LogP contribution in [0.5, 0.6) is 5.75 Å². The summed E-state index contributed by atoms with van der Waals surface area (Å²) in [5, 5.41) is 11.4. The van der Waals surface area contributed by atoms with Gasteiger partial charge >= 0.3 is 6.16 Å². The number of H-pyrrole nitrogens is 1. The lowest BCUT2D eigenvalue weighted by molar-refractivity contribution is 0.0943. The monoisotopic (exact) mass is 436 g/mol. The van der Waals surface area contributed by atoms with Gasteiger partial charge in [-0.05, 0) is 48.9 Å². The highest BCUT2D eigenvalue weighted by atomic mass is 16.7. The van der Waals surface area contributed by atoms with Gasteiger partial charge in [-0.25, -0.2) is 9.89 Å². The number of anilines is 1. The molecule has 3 rings (SSSR count). The van der Waals surface area contributed by atoms with Crippen LogP contribution >= 0.6 is 0 Å². The third-order valence-corrected chi connectivity index (χ3v) is 4.20. The van der Waals surface area contributed by atoms with Crippen LogP contribution in [-0.2, 0) is 11.3 Å². The predicted octanol–water partition coefficient (Wildman–Crippen LogP) is 2.49. The van der Waals surface area contributed by atoms with Crippen molar-refractivity contribution < 1.29 is 23.9 Å². The van der Waals surface area contributed by atoms with Crippen LogP contribution < -0.4 is 20.9 Å². The van der Waals surface area contributed by atoms with E-state index in [0.29, 0.717) is 16.8 Å². The Hall–Kier alpha value is -4.47. The lowest BCUT2D eigenvalue weighted by atomic mass is 10.1. The average molecular weight is 436 g/mol. The topological polar surface area (TPSA) is 139 Å². The first-order chi connectivity index (χ1) is 15.5. The Bertz CT molecular complexity index is 1150. The van der Waals surface area contributed by atoms with Gasteiger partial charge in [0.05, 0.1) is 6.61 Å². The van der Waals surface area contributed by atoms with Crippen molar-refractivity contribution >= 4 is 23.7 Å². The second-order valence-electron chi connectivity index (χ2n) is 6.41. The Labute approximate surface area is 182 Å². The smallest absolute Gasteiger partial charge is 0.434 e. The Morgan fingerprint density at radius 2 is 1.72 bits per heavy atom. The number of para-hydroxylation sites is 1. The average Bonchev–Trinajstić information content (AvgIpc) is 2.79. The van der Waals surface area contributed by atoms with Crippen molar-refractivity contribution in [2.75, 3.05) is 11.9 Å². The molecular weight excluding hydrogens is 416 g/mol. The minimum Gasteiger partial charge on any atom is -0.434 e. The molecule has 0 atom stereocenters. The summed E-state index contributed by atoms with van der Waals surface area (Å²) in [5.41, 5.74) is 1.18. The quantitative estimate of drug-likeness (QED) is 0.382. The standard InChI is InChI=1S/C22H20N4O6/c1-2-31-22(30)32-16-9-7-14(8-10-16)20(28)24-17-6-4-3-5-15(17)13-23-21(29)18-11-12-19(27)26-25-18/h3-12H,2,13H2,1H3,(H,23,29)(H,24,28)(H,26,27). The fourth-order valence-corrected chi connectivity index (χ4v) is 2.65. The van der Waals surface area contributed by atoms with Gasteiger partial charge in [0.2, 0.25) is 0 Å². The van der Waals surface area contributed by atoms with Crippen LogP contribution in [0.4, 0.5) is 10.5 Å². The van der Waals surface area contributed by atoms with Gasteiger partial charge in [-0.1, -0.05) is 18.2 Å². The van der Waals surface area contributed by atoms with Crippen molar-refractivity contribution in [1.82, 2.24) is 15.5 Å². The van der Waals surface area contributed by atoms with Crippen LogP contribution in [0.15, 0.2) is 65.5 Å². The number of aromatic nitrogens is 2. The van der Waals surface area contributed by atoms with Gasteiger partial charge < -0.3 is 20.1 Å². The molecule has 1 heterocycles. The Kier molecular flexibility index (Phi) is 7.31. The van der Waals surface area contributed by atoms with Gasteiger partial charge in [-0.2, -0.15) is 5.10 Å². The number of hydrogen-bond acceptors (Lipinski definition) is 7. The van der Waals surface area contributed by atoms with Crippen LogP contribution in [0.3, 0.4) is 0 Å². The number of ether oxygens (including phenoxy) is 2. The second-order valence-corrected chi connectivity index (χ2v) is 6.41. The molecule has 2 amide bonds. The highest BCUT2D eigenvalue weighted by molar-refractivity contribution is 6.04. The summed E-state index contributed by atoms with van der Waals surface area (Å²) >= 11 is 0. The molecule has 10 nitrogen and oxygen atoms in total. The number of carbonyl (C=O) groups excluding carboxylic acids is 3. The molecule has 0 saturated carbocycles. The van der Waals surface area contributed by atoms with E-state index in [1.165, 1.54) is 36.4 Å². The Morgan fingerprint density at radius 1 is 0.969 bits per heavy atom. The van der Waals surface area contributed by atoms with Gasteiger partial charge in [0.1, 0.15) is 11.4 Å². The number of nitrogens with zero attached hydrogens (tertiary/aromatic N) is 1. The first kappa shape index (κ1) is 22.2. The fourth-order valence-electron chi connectivity index (χ4n) is 2.65. The third-order valence-electron chi connectivity index (χ3n) is 4.20. The van der Waals surface area contributed by atoms with Crippen LogP contribution in [-0.4, -0.2) is 34.8 Å². The van der Waals surface area contributed by atoms with E-state index in [9.17, 15) is 19.2 Å². The summed E-state index contributed by atoms with van der Waals surface area (Å²) in [6, 6.07) is 15.5. The highest BCUT2D eigenvalue weighted by Gasteiger charge is 2.12. The van der Waals surface area contributed by atoms with E-state index in [4.69, 9.17) is 9.47 Å². The molecule has 2 aromatic carbocycles. The maximum Gasteiger partial charge on any atom is 0.513 e. The van der Waals surface area contributed by atoms with Crippen molar-refractivity contribution in [2.45, 2.75) is 13.5 Å². The zero-order valence-corrected chi connectivity index (χ0v) is 17.1. The molecule has 0 aliphatic carbocycles. The molecule has 0 saturated heterocycles. The minimum absolute atomic E-state index is 0.0660. The maximum atomic E-state index is 12.6. The third kappa shape index (κ3) is 6.02. The van der Waals surface area contributed by atoms with Crippen LogP contribution in [0.25, 0.3) is 0 Å². The molecule has 3 N–H and O–H groups in total. The largest absolute Gasteiger partial charge is 0.513 e. The summed E-state index contributed by atoms with van der Waals surface area (Å²) < 4.78 is 9.67. The summed E-state index contributed by atoms with van der Waals surface area (Å²) in [7, 11) is 0. The molecule has 164 valence electrons. The van der Waals surface area contributed by atoms with Gasteiger partial charge in [0, 0.05) is 23.9 Å². The van der Waals surface area contributed by atoms with E-state index in [0.717, 1.165) is 0 Å².